The van der Waals surface area contributed by atoms with Gasteiger partial charge in [0, 0.05) is 12.1 Å². The van der Waals surface area contributed by atoms with Crippen LogP contribution in [0.25, 0.3) is 0 Å². The molecule has 0 N–H and O–H groups in total. The molecule has 2 unspecified atom stereocenters. The predicted molar refractivity (Wildman–Crippen MR) is 64.8 cm³/mol. The Bertz CT molecular complexity index is 132. The van der Waals surface area contributed by atoms with E-state index < -0.39 is 0 Å². The second kappa shape index (κ2) is 7.24. The van der Waals surface area contributed by atoms with Gasteiger partial charge in [-0.3, -0.25) is 0 Å². The Hall–Kier alpha value is -0.0800. The summed E-state index contributed by atoms with van der Waals surface area (Å²) in [5, 5.41) is 0. The third-order valence-corrected chi connectivity index (χ3v) is 3.14. The highest BCUT2D eigenvalue weighted by Gasteiger charge is 2.20. The summed E-state index contributed by atoms with van der Waals surface area (Å²) in [4.78, 5) is 4.68. The molecule has 2 nitrogen and oxygen atoms in total. The van der Waals surface area contributed by atoms with Gasteiger partial charge in [-0.25, -0.2) is 0 Å². The fourth-order valence-electron chi connectivity index (χ4n) is 1.88. The highest BCUT2D eigenvalue weighted by Crippen LogP contribution is 2.13. The Morgan fingerprint density at radius 1 is 0.929 bits per heavy atom. The maximum atomic E-state index is 2.36. The van der Waals surface area contributed by atoms with E-state index in [0.717, 1.165) is 0 Å². The quantitative estimate of drug-likeness (QED) is 0.582. The zero-order valence-electron chi connectivity index (χ0n) is 10.9. The molecular weight excluding hydrogens is 172 g/mol. The van der Waals surface area contributed by atoms with E-state index >= 15 is 0 Å². The molecule has 14 heavy (non-hydrogen) atoms. The SMILES string of the molecule is CCCCCC(C(C)N(C)C)N(C)C. The Labute approximate surface area is 90.3 Å². The maximum absolute atomic E-state index is 2.36. The summed E-state index contributed by atoms with van der Waals surface area (Å²) in [7, 11) is 8.72. The van der Waals surface area contributed by atoms with Crippen LogP contribution in [-0.2, 0) is 0 Å². The molecule has 0 saturated carbocycles. The van der Waals surface area contributed by atoms with Crippen LogP contribution in [0.4, 0.5) is 0 Å². The lowest BCUT2D eigenvalue weighted by Crippen LogP contribution is -2.44. The average molecular weight is 200 g/mol. The van der Waals surface area contributed by atoms with Gasteiger partial charge in [0.15, 0.2) is 0 Å². The summed E-state index contributed by atoms with van der Waals surface area (Å²) in [5.74, 6) is 0. The zero-order valence-corrected chi connectivity index (χ0v) is 10.9. The van der Waals surface area contributed by atoms with Crippen molar-refractivity contribution in [2.45, 2.75) is 51.6 Å². The summed E-state index contributed by atoms with van der Waals surface area (Å²) in [6.07, 6.45) is 5.36. The molecule has 2 atom stereocenters. The first-order valence-electron chi connectivity index (χ1n) is 5.83. The number of rotatable bonds is 7. The van der Waals surface area contributed by atoms with Crippen molar-refractivity contribution >= 4 is 0 Å². The number of hydrogen-bond acceptors (Lipinski definition) is 2. The van der Waals surface area contributed by atoms with Crippen LogP contribution in [0.5, 0.6) is 0 Å². The van der Waals surface area contributed by atoms with Crippen LogP contribution >= 0.6 is 0 Å². The Balaban J connectivity index is 4.01. The Morgan fingerprint density at radius 2 is 1.50 bits per heavy atom. The first-order chi connectivity index (χ1) is 6.50. The van der Waals surface area contributed by atoms with Crippen molar-refractivity contribution in [3.05, 3.63) is 0 Å². The largest absolute Gasteiger partial charge is 0.305 e. The van der Waals surface area contributed by atoms with E-state index in [1.165, 1.54) is 25.7 Å². The summed E-state index contributed by atoms with van der Waals surface area (Å²) >= 11 is 0. The Kier molecular flexibility index (Phi) is 7.20. The van der Waals surface area contributed by atoms with Gasteiger partial charge in [0.25, 0.3) is 0 Å². The van der Waals surface area contributed by atoms with Crippen molar-refractivity contribution in [3.63, 3.8) is 0 Å². The lowest BCUT2D eigenvalue weighted by Gasteiger charge is -2.34. The molecule has 0 fully saturated rings. The molecule has 0 spiro atoms. The van der Waals surface area contributed by atoms with Crippen molar-refractivity contribution in [3.8, 4) is 0 Å². The number of hydrogen-bond donors (Lipinski definition) is 0. The minimum absolute atomic E-state index is 0.641. The van der Waals surface area contributed by atoms with E-state index in [1.54, 1.807) is 0 Å². The average Bonchev–Trinajstić information content (AvgIpc) is 2.10. The van der Waals surface area contributed by atoms with Crippen LogP contribution in [0.2, 0.25) is 0 Å². The molecule has 0 saturated heterocycles. The molecule has 0 heterocycles. The lowest BCUT2D eigenvalue weighted by atomic mass is 10.0. The molecule has 0 radical (unpaired) electrons. The second-order valence-electron chi connectivity index (χ2n) is 4.73. The van der Waals surface area contributed by atoms with Gasteiger partial charge in [-0.05, 0) is 41.5 Å². The van der Waals surface area contributed by atoms with Gasteiger partial charge in [0.1, 0.15) is 0 Å². The van der Waals surface area contributed by atoms with Crippen LogP contribution in [0.15, 0.2) is 0 Å². The summed E-state index contributed by atoms with van der Waals surface area (Å²) in [6, 6.07) is 1.33. The van der Waals surface area contributed by atoms with Gasteiger partial charge in [-0.2, -0.15) is 0 Å². The van der Waals surface area contributed by atoms with Crippen molar-refractivity contribution in [2.75, 3.05) is 28.2 Å². The van der Waals surface area contributed by atoms with E-state index in [4.69, 9.17) is 0 Å². The maximum Gasteiger partial charge on any atom is 0.0242 e. The third-order valence-electron chi connectivity index (χ3n) is 3.14. The first kappa shape index (κ1) is 13.9. The van der Waals surface area contributed by atoms with Gasteiger partial charge in [0.05, 0.1) is 0 Å². The van der Waals surface area contributed by atoms with Gasteiger partial charge >= 0.3 is 0 Å². The molecule has 0 bridgehead atoms. The molecular formula is C12H28N2. The van der Waals surface area contributed by atoms with Crippen LogP contribution in [-0.4, -0.2) is 50.1 Å². The standard InChI is InChI=1S/C12H28N2/c1-7-8-9-10-12(14(5)6)11(2)13(3)4/h11-12H,7-10H2,1-6H3. The fraction of sp³-hybridized carbons (Fsp3) is 1.00. The topological polar surface area (TPSA) is 6.48 Å². The molecule has 0 aromatic heterocycles. The summed E-state index contributed by atoms with van der Waals surface area (Å²) < 4.78 is 0. The van der Waals surface area contributed by atoms with Crippen LogP contribution < -0.4 is 0 Å². The molecule has 0 aliphatic rings. The number of nitrogens with zero attached hydrogens (tertiary/aromatic N) is 2. The molecule has 2 heteroatoms. The zero-order chi connectivity index (χ0) is 11.1. The van der Waals surface area contributed by atoms with Crippen molar-refractivity contribution in [1.29, 1.82) is 0 Å². The molecule has 0 aromatic carbocycles. The van der Waals surface area contributed by atoms with Crippen molar-refractivity contribution in [2.24, 2.45) is 0 Å². The summed E-state index contributed by atoms with van der Waals surface area (Å²) in [5.41, 5.74) is 0. The second-order valence-corrected chi connectivity index (χ2v) is 4.73. The number of unbranched alkanes of at least 4 members (excludes halogenated alkanes) is 2. The van der Waals surface area contributed by atoms with Gasteiger partial charge in [0.2, 0.25) is 0 Å². The third kappa shape index (κ3) is 4.97. The molecule has 0 aromatic rings. The molecule has 0 aliphatic carbocycles. The van der Waals surface area contributed by atoms with Gasteiger partial charge in [-0.15, -0.1) is 0 Å². The molecule has 0 rings (SSSR count). The summed E-state index contributed by atoms with van der Waals surface area (Å²) in [6.45, 7) is 4.58. The van der Waals surface area contributed by atoms with E-state index in [2.05, 4.69) is 51.8 Å². The first-order valence-corrected chi connectivity index (χ1v) is 5.83. The molecule has 86 valence electrons. The Morgan fingerprint density at radius 3 is 1.86 bits per heavy atom. The van der Waals surface area contributed by atoms with Crippen molar-refractivity contribution in [1.82, 2.24) is 9.80 Å². The van der Waals surface area contributed by atoms with Crippen LogP contribution in [0.3, 0.4) is 0 Å². The monoisotopic (exact) mass is 200 g/mol. The van der Waals surface area contributed by atoms with Gasteiger partial charge in [-0.1, -0.05) is 26.2 Å². The smallest absolute Gasteiger partial charge is 0.0242 e. The van der Waals surface area contributed by atoms with E-state index in [-0.39, 0.29) is 0 Å². The van der Waals surface area contributed by atoms with E-state index in [0.29, 0.717) is 12.1 Å². The lowest BCUT2D eigenvalue weighted by molar-refractivity contribution is 0.152. The van der Waals surface area contributed by atoms with Crippen LogP contribution in [0.1, 0.15) is 39.5 Å². The normalized spacial score (nSPS) is 16.3. The molecule has 0 amide bonds. The predicted octanol–water partition coefficient (Wildman–Crippen LogP) is 2.45. The van der Waals surface area contributed by atoms with E-state index in [1.807, 2.05) is 0 Å². The minimum atomic E-state index is 0.641. The van der Waals surface area contributed by atoms with Gasteiger partial charge < -0.3 is 9.80 Å². The fourth-order valence-corrected chi connectivity index (χ4v) is 1.88. The number of likely N-dealkylation sites (N-methyl/N-ethyl adjacent to an activating group) is 2. The highest BCUT2D eigenvalue weighted by atomic mass is 15.2. The minimum Gasteiger partial charge on any atom is -0.305 e. The molecule has 0 aliphatic heterocycles. The van der Waals surface area contributed by atoms with Crippen LogP contribution in [0, 0.1) is 0 Å². The highest BCUT2D eigenvalue weighted by molar-refractivity contribution is 4.78. The van der Waals surface area contributed by atoms with E-state index in [9.17, 15) is 0 Å². The van der Waals surface area contributed by atoms with Crippen molar-refractivity contribution < 1.29 is 0 Å².